The topological polar surface area (TPSA) is 28.2 Å². The molecule has 2 aliphatic heterocycles. The van der Waals surface area contributed by atoms with E-state index in [0.717, 1.165) is 19.0 Å². The van der Waals surface area contributed by atoms with Gasteiger partial charge in [0.25, 0.3) is 0 Å². The summed E-state index contributed by atoms with van der Waals surface area (Å²) in [6.07, 6.45) is 8.60. The third-order valence-corrected chi connectivity index (χ3v) is 5.45. The van der Waals surface area contributed by atoms with Crippen LogP contribution in [0.5, 0.6) is 0 Å². The van der Waals surface area contributed by atoms with Gasteiger partial charge in [-0.15, -0.1) is 11.3 Å². The van der Waals surface area contributed by atoms with Crippen molar-refractivity contribution in [3.05, 3.63) is 16.1 Å². The Morgan fingerprint density at radius 2 is 2.39 bits per heavy atom. The molecule has 0 aromatic carbocycles. The lowest BCUT2D eigenvalue weighted by molar-refractivity contribution is 0.166. The second-order valence-corrected chi connectivity index (χ2v) is 6.71. The number of aryl methyl sites for hydroxylation is 1. The van der Waals surface area contributed by atoms with E-state index in [2.05, 4.69) is 22.1 Å². The van der Waals surface area contributed by atoms with E-state index >= 15 is 0 Å². The van der Waals surface area contributed by atoms with Crippen molar-refractivity contribution in [1.82, 2.24) is 15.2 Å². The van der Waals surface area contributed by atoms with Crippen molar-refractivity contribution < 1.29 is 0 Å². The van der Waals surface area contributed by atoms with Gasteiger partial charge in [0, 0.05) is 29.7 Å². The van der Waals surface area contributed by atoms with Gasteiger partial charge in [-0.2, -0.15) is 0 Å². The molecule has 0 bridgehead atoms. The molecule has 1 N–H and O–H groups in total. The average molecular weight is 265 g/mol. The molecular formula is C14H23N3S. The first-order valence-corrected chi connectivity index (χ1v) is 8.08. The van der Waals surface area contributed by atoms with Gasteiger partial charge < -0.3 is 10.2 Å². The van der Waals surface area contributed by atoms with Crippen LogP contribution in [0.2, 0.25) is 0 Å². The molecule has 0 spiro atoms. The normalized spacial score (nSPS) is 28.5. The van der Waals surface area contributed by atoms with Gasteiger partial charge in [-0.3, -0.25) is 0 Å². The molecule has 0 radical (unpaired) electrons. The molecule has 1 aromatic heterocycles. The van der Waals surface area contributed by atoms with E-state index in [0.29, 0.717) is 6.04 Å². The molecule has 2 fully saturated rings. The largest absolute Gasteiger partial charge is 0.308 e. The lowest BCUT2D eigenvalue weighted by Gasteiger charge is -2.35. The van der Waals surface area contributed by atoms with Crippen molar-refractivity contribution in [2.45, 2.75) is 57.7 Å². The Labute approximate surface area is 114 Å². The summed E-state index contributed by atoms with van der Waals surface area (Å²) in [5, 5.41) is 4.96. The monoisotopic (exact) mass is 265 g/mol. The molecule has 0 aliphatic carbocycles. The third kappa shape index (κ3) is 2.76. The van der Waals surface area contributed by atoms with E-state index in [9.17, 15) is 0 Å². The third-order valence-electron chi connectivity index (χ3n) is 4.31. The summed E-state index contributed by atoms with van der Waals surface area (Å²) in [6.45, 7) is 5.78. The quantitative estimate of drug-likeness (QED) is 0.906. The molecule has 18 heavy (non-hydrogen) atoms. The zero-order valence-corrected chi connectivity index (χ0v) is 12.0. The Morgan fingerprint density at radius 1 is 1.44 bits per heavy atom. The van der Waals surface area contributed by atoms with E-state index in [1.807, 2.05) is 17.5 Å². The van der Waals surface area contributed by atoms with Crippen molar-refractivity contribution >= 4 is 11.3 Å². The van der Waals surface area contributed by atoms with Crippen LogP contribution in [0.25, 0.3) is 0 Å². The second kappa shape index (κ2) is 5.68. The Balaban J connectivity index is 1.48. The molecule has 2 unspecified atom stereocenters. The first kappa shape index (κ1) is 12.6. The van der Waals surface area contributed by atoms with Crippen molar-refractivity contribution in [2.75, 3.05) is 13.1 Å². The lowest BCUT2D eigenvalue weighted by Crippen LogP contribution is -2.45. The highest BCUT2D eigenvalue weighted by atomic mass is 32.1. The Morgan fingerprint density at radius 3 is 3.22 bits per heavy atom. The minimum absolute atomic E-state index is 0.707. The van der Waals surface area contributed by atoms with Gasteiger partial charge in [0.1, 0.15) is 5.01 Å². The van der Waals surface area contributed by atoms with E-state index < -0.39 is 0 Å². The maximum Gasteiger partial charge on any atom is 0.107 e. The number of nitrogens with zero attached hydrogens (tertiary/aromatic N) is 2. The number of hydrogen-bond donors (Lipinski definition) is 1. The average Bonchev–Trinajstić information content (AvgIpc) is 3.04. The summed E-state index contributed by atoms with van der Waals surface area (Å²) >= 11 is 1.86. The highest BCUT2D eigenvalue weighted by molar-refractivity contribution is 7.11. The Bertz CT molecular complexity index is 390. The van der Waals surface area contributed by atoms with Crippen molar-refractivity contribution in [2.24, 2.45) is 0 Å². The van der Waals surface area contributed by atoms with Crippen molar-refractivity contribution in [1.29, 1.82) is 0 Å². The van der Waals surface area contributed by atoms with Crippen LogP contribution >= 0.6 is 11.3 Å². The standard InChI is InChI=1S/C14H23N3S/c1-2-13-9-16-14(18-13)10-15-11-5-7-17-6-3-4-12(17)8-11/h9,11-12,15H,2-8,10H2,1H3. The summed E-state index contributed by atoms with van der Waals surface area (Å²) in [4.78, 5) is 8.56. The number of fused-ring (bicyclic) bond motifs is 1. The molecule has 100 valence electrons. The first-order chi connectivity index (χ1) is 8.85. The Kier molecular flexibility index (Phi) is 3.97. The molecule has 3 heterocycles. The highest BCUT2D eigenvalue weighted by Gasteiger charge is 2.31. The van der Waals surface area contributed by atoms with Gasteiger partial charge >= 0.3 is 0 Å². The van der Waals surface area contributed by atoms with Crippen LogP contribution in [-0.4, -0.2) is 35.1 Å². The van der Waals surface area contributed by atoms with E-state index in [1.165, 1.54) is 48.7 Å². The molecule has 4 heteroatoms. The SMILES string of the molecule is CCc1cnc(CNC2CCN3CCCC3C2)s1. The Hall–Kier alpha value is -0.450. The maximum absolute atomic E-state index is 4.48. The van der Waals surface area contributed by atoms with Gasteiger partial charge in [-0.25, -0.2) is 4.98 Å². The predicted molar refractivity (Wildman–Crippen MR) is 75.9 cm³/mol. The molecule has 2 saturated heterocycles. The van der Waals surface area contributed by atoms with Crippen LogP contribution in [0.3, 0.4) is 0 Å². The maximum atomic E-state index is 4.48. The fraction of sp³-hybridized carbons (Fsp3) is 0.786. The fourth-order valence-electron chi connectivity index (χ4n) is 3.23. The summed E-state index contributed by atoms with van der Waals surface area (Å²) in [6, 6.07) is 1.57. The highest BCUT2D eigenvalue weighted by Crippen LogP contribution is 2.27. The van der Waals surface area contributed by atoms with Gasteiger partial charge in [-0.1, -0.05) is 6.92 Å². The number of piperidine rings is 1. The minimum Gasteiger partial charge on any atom is -0.308 e. The molecule has 3 nitrogen and oxygen atoms in total. The molecule has 3 rings (SSSR count). The van der Waals surface area contributed by atoms with Crippen LogP contribution < -0.4 is 5.32 Å². The molecule has 2 aliphatic rings. The molecule has 1 aromatic rings. The van der Waals surface area contributed by atoms with E-state index in [-0.39, 0.29) is 0 Å². The predicted octanol–water partition coefficient (Wildman–Crippen LogP) is 2.42. The minimum atomic E-state index is 0.707. The van der Waals surface area contributed by atoms with Gasteiger partial charge in [-0.05, 0) is 45.2 Å². The summed E-state index contributed by atoms with van der Waals surface area (Å²) in [5.41, 5.74) is 0. The lowest BCUT2D eigenvalue weighted by atomic mass is 9.98. The number of rotatable bonds is 4. The van der Waals surface area contributed by atoms with Crippen LogP contribution in [0.4, 0.5) is 0 Å². The second-order valence-electron chi connectivity index (χ2n) is 5.51. The van der Waals surface area contributed by atoms with Gasteiger partial charge in [0.15, 0.2) is 0 Å². The summed E-state index contributed by atoms with van der Waals surface area (Å²) in [5.74, 6) is 0. The van der Waals surface area contributed by atoms with Crippen LogP contribution in [0, 0.1) is 0 Å². The van der Waals surface area contributed by atoms with Crippen LogP contribution in [0.15, 0.2) is 6.20 Å². The zero-order valence-electron chi connectivity index (χ0n) is 11.2. The zero-order chi connectivity index (χ0) is 12.4. The molecule has 0 amide bonds. The molecule has 0 saturated carbocycles. The summed E-state index contributed by atoms with van der Waals surface area (Å²) in [7, 11) is 0. The van der Waals surface area contributed by atoms with Crippen LogP contribution in [0.1, 0.15) is 42.5 Å². The summed E-state index contributed by atoms with van der Waals surface area (Å²) < 4.78 is 0. The van der Waals surface area contributed by atoms with Crippen molar-refractivity contribution in [3.63, 3.8) is 0 Å². The number of aromatic nitrogens is 1. The van der Waals surface area contributed by atoms with Gasteiger partial charge in [0.2, 0.25) is 0 Å². The smallest absolute Gasteiger partial charge is 0.107 e. The van der Waals surface area contributed by atoms with E-state index in [1.54, 1.807) is 0 Å². The fourth-order valence-corrected chi connectivity index (χ4v) is 4.05. The number of thiazole rings is 1. The number of nitrogens with one attached hydrogen (secondary N) is 1. The van der Waals surface area contributed by atoms with Gasteiger partial charge in [0.05, 0.1) is 0 Å². The molecular weight excluding hydrogens is 242 g/mol. The number of hydrogen-bond acceptors (Lipinski definition) is 4. The van der Waals surface area contributed by atoms with Crippen molar-refractivity contribution in [3.8, 4) is 0 Å². The van der Waals surface area contributed by atoms with Crippen LogP contribution in [-0.2, 0) is 13.0 Å². The first-order valence-electron chi connectivity index (χ1n) is 7.26. The molecule has 2 atom stereocenters. The van der Waals surface area contributed by atoms with E-state index in [4.69, 9.17) is 0 Å².